The third-order valence-electron chi connectivity index (χ3n) is 1.47. The fourth-order valence-electron chi connectivity index (χ4n) is 0.935. The summed E-state index contributed by atoms with van der Waals surface area (Å²) >= 11 is 0. The Balaban J connectivity index is 3.17. The highest BCUT2D eigenvalue weighted by Crippen LogP contribution is 2.09. The Labute approximate surface area is 69.5 Å². The van der Waals surface area contributed by atoms with Crippen LogP contribution in [-0.4, -0.2) is 5.91 Å². The smallest absolute Gasteiger partial charge is 0.249 e. The van der Waals surface area contributed by atoms with E-state index in [9.17, 15) is 9.18 Å². The summed E-state index contributed by atoms with van der Waals surface area (Å²) in [5, 5.41) is 0. The van der Waals surface area contributed by atoms with Gasteiger partial charge in [-0.15, -0.1) is 0 Å². The topological polar surface area (TPSA) is 43.1 Å². The molecule has 0 fully saturated rings. The first kappa shape index (κ1) is 8.46. The van der Waals surface area contributed by atoms with Crippen LogP contribution >= 0.6 is 0 Å². The number of carbonyl (C=O) groups excluding carboxylic acids is 1. The van der Waals surface area contributed by atoms with Crippen molar-refractivity contribution in [2.75, 3.05) is 0 Å². The fourth-order valence-corrected chi connectivity index (χ4v) is 0.935. The molecule has 3 heteroatoms. The Kier molecular flexibility index (Phi) is 2.58. The van der Waals surface area contributed by atoms with Gasteiger partial charge in [0.2, 0.25) is 5.91 Å². The molecule has 0 aliphatic heterocycles. The molecule has 2 nitrogen and oxygen atoms in total. The van der Waals surface area contributed by atoms with Crippen molar-refractivity contribution in [3.63, 3.8) is 0 Å². The van der Waals surface area contributed by atoms with Gasteiger partial charge in [-0.2, -0.15) is 0 Å². The van der Waals surface area contributed by atoms with Gasteiger partial charge in [0.25, 0.3) is 0 Å². The summed E-state index contributed by atoms with van der Waals surface area (Å²) in [4.78, 5) is 10.8. The van der Waals surface area contributed by atoms with E-state index in [0.29, 0.717) is 17.5 Å². The molecular formula is C9H8FNO. The second-order valence-corrected chi connectivity index (χ2v) is 2.24. The molecule has 0 radical (unpaired) electrons. The van der Waals surface area contributed by atoms with Crippen LogP contribution in [0, 0.1) is 0 Å². The SMILES string of the molecule is NC(=O)c1ccccc1C=CF. The molecule has 62 valence electrons. The third-order valence-corrected chi connectivity index (χ3v) is 1.47. The third kappa shape index (κ3) is 1.69. The summed E-state index contributed by atoms with van der Waals surface area (Å²) in [6, 6.07) is 6.56. The molecule has 1 aromatic rings. The second-order valence-electron chi connectivity index (χ2n) is 2.24. The Morgan fingerprint density at radius 2 is 2.08 bits per heavy atom. The average Bonchev–Trinajstić information content (AvgIpc) is 2.05. The molecule has 1 aromatic carbocycles. The Bertz CT molecular complexity index is 320. The second kappa shape index (κ2) is 3.67. The summed E-state index contributed by atoms with van der Waals surface area (Å²) in [6.07, 6.45) is 1.57. The molecule has 1 rings (SSSR count). The van der Waals surface area contributed by atoms with Gasteiger partial charge in [-0.3, -0.25) is 4.79 Å². The monoisotopic (exact) mass is 165 g/mol. The number of primary amides is 1. The first-order valence-corrected chi connectivity index (χ1v) is 3.41. The van der Waals surface area contributed by atoms with E-state index < -0.39 is 5.91 Å². The summed E-state index contributed by atoms with van der Waals surface area (Å²) in [6.45, 7) is 0. The molecule has 2 N–H and O–H groups in total. The van der Waals surface area contributed by atoms with Crippen LogP contribution < -0.4 is 5.73 Å². The number of halogens is 1. The molecule has 0 saturated heterocycles. The van der Waals surface area contributed by atoms with Gasteiger partial charge in [0.1, 0.15) is 0 Å². The summed E-state index contributed by atoms with van der Waals surface area (Å²) < 4.78 is 11.8. The van der Waals surface area contributed by atoms with Crippen LogP contribution in [0.3, 0.4) is 0 Å². The maximum atomic E-state index is 11.8. The molecular weight excluding hydrogens is 157 g/mol. The van der Waals surface area contributed by atoms with Gasteiger partial charge in [-0.05, 0) is 17.7 Å². The minimum absolute atomic E-state index is 0.325. The highest BCUT2D eigenvalue weighted by atomic mass is 19.1. The summed E-state index contributed by atoms with van der Waals surface area (Å²) in [5.41, 5.74) is 5.87. The van der Waals surface area contributed by atoms with Crippen molar-refractivity contribution in [1.82, 2.24) is 0 Å². The Hall–Kier alpha value is -1.64. The number of carbonyl (C=O) groups is 1. The molecule has 0 aromatic heterocycles. The number of nitrogens with two attached hydrogens (primary N) is 1. The van der Waals surface area contributed by atoms with Crippen LogP contribution in [0.2, 0.25) is 0 Å². The van der Waals surface area contributed by atoms with Gasteiger partial charge in [0.05, 0.1) is 6.33 Å². The fraction of sp³-hybridized carbons (Fsp3) is 0. The molecule has 12 heavy (non-hydrogen) atoms. The van der Waals surface area contributed by atoms with Gasteiger partial charge >= 0.3 is 0 Å². The van der Waals surface area contributed by atoms with Gasteiger partial charge in [0, 0.05) is 5.56 Å². The van der Waals surface area contributed by atoms with Crippen LogP contribution in [0.4, 0.5) is 4.39 Å². The van der Waals surface area contributed by atoms with Gasteiger partial charge in [0.15, 0.2) is 0 Å². The molecule has 0 aliphatic carbocycles. The molecule has 0 bridgehead atoms. The van der Waals surface area contributed by atoms with Crippen molar-refractivity contribution in [3.8, 4) is 0 Å². The van der Waals surface area contributed by atoms with E-state index in [0.717, 1.165) is 0 Å². The van der Waals surface area contributed by atoms with Gasteiger partial charge in [-0.25, -0.2) is 4.39 Å². The van der Waals surface area contributed by atoms with E-state index in [4.69, 9.17) is 5.73 Å². The van der Waals surface area contributed by atoms with Crippen molar-refractivity contribution in [1.29, 1.82) is 0 Å². The van der Waals surface area contributed by atoms with Crippen molar-refractivity contribution in [3.05, 3.63) is 41.7 Å². The van der Waals surface area contributed by atoms with Crippen LogP contribution in [0.25, 0.3) is 6.08 Å². The molecule has 0 heterocycles. The highest BCUT2D eigenvalue weighted by Gasteiger charge is 2.02. The quantitative estimate of drug-likeness (QED) is 0.712. The normalized spacial score (nSPS) is 10.4. The van der Waals surface area contributed by atoms with Gasteiger partial charge in [-0.1, -0.05) is 18.2 Å². The largest absolute Gasteiger partial charge is 0.366 e. The predicted molar refractivity (Wildman–Crippen MR) is 45.1 cm³/mol. The molecule has 0 saturated carbocycles. The van der Waals surface area contributed by atoms with E-state index in [-0.39, 0.29) is 0 Å². The minimum atomic E-state index is -0.552. The first-order valence-electron chi connectivity index (χ1n) is 3.41. The van der Waals surface area contributed by atoms with Gasteiger partial charge < -0.3 is 5.73 Å². The first-order chi connectivity index (χ1) is 5.75. The standard InChI is InChI=1S/C9H8FNO/c10-6-5-7-3-1-2-4-8(7)9(11)12/h1-6H,(H2,11,12). The maximum Gasteiger partial charge on any atom is 0.249 e. The zero-order valence-electron chi connectivity index (χ0n) is 6.33. The van der Waals surface area contributed by atoms with Crippen LogP contribution in [0.5, 0.6) is 0 Å². The lowest BCUT2D eigenvalue weighted by molar-refractivity contribution is 0.1000. The molecule has 0 aliphatic rings. The Morgan fingerprint density at radius 3 is 2.67 bits per heavy atom. The van der Waals surface area contributed by atoms with E-state index in [1.54, 1.807) is 24.3 Å². The summed E-state index contributed by atoms with van der Waals surface area (Å²) in [5.74, 6) is -0.552. The number of hydrogen-bond donors (Lipinski definition) is 1. The number of rotatable bonds is 2. The van der Waals surface area contributed by atoms with E-state index in [2.05, 4.69) is 0 Å². The average molecular weight is 165 g/mol. The number of amides is 1. The highest BCUT2D eigenvalue weighted by molar-refractivity contribution is 5.96. The predicted octanol–water partition coefficient (Wildman–Crippen LogP) is 1.73. The molecule has 1 amide bonds. The van der Waals surface area contributed by atoms with E-state index in [1.807, 2.05) is 0 Å². The number of hydrogen-bond acceptors (Lipinski definition) is 1. The van der Waals surface area contributed by atoms with Crippen LogP contribution in [0.1, 0.15) is 15.9 Å². The molecule has 0 spiro atoms. The van der Waals surface area contributed by atoms with Crippen molar-refractivity contribution < 1.29 is 9.18 Å². The zero-order valence-corrected chi connectivity index (χ0v) is 6.33. The van der Waals surface area contributed by atoms with Crippen molar-refractivity contribution in [2.45, 2.75) is 0 Å². The van der Waals surface area contributed by atoms with Crippen molar-refractivity contribution >= 4 is 12.0 Å². The number of benzene rings is 1. The lowest BCUT2D eigenvalue weighted by atomic mass is 10.1. The van der Waals surface area contributed by atoms with Crippen molar-refractivity contribution in [2.24, 2.45) is 5.73 Å². The lowest BCUT2D eigenvalue weighted by Crippen LogP contribution is -2.12. The Morgan fingerprint density at radius 1 is 1.42 bits per heavy atom. The van der Waals surface area contributed by atoms with E-state index >= 15 is 0 Å². The molecule has 0 unspecified atom stereocenters. The molecule has 0 atom stereocenters. The van der Waals surface area contributed by atoms with E-state index in [1.165, 1.54) is 6.08 Å². The zero-order chi connectivity index (χ0) is 8.97. The summed E-state index contributed by atoms with van der Waals surface area (Å²) in [7, 11) is 0. The maximum absolute atomic E-state index is 11.8. The lowest BCUT2D eigenvalue weighted by Gasteiger charge is -1.98. The van der Waals surface area contributed by atoms with Crippen LogP contribution in [0.15, 0.2) is 30.6 Å². The van der Waals surface area contributed by atoms with Crippen LogP contribution in [-0.2, 0) is 0 Å². The minimum Gasteiger partial charge on any atom is -0.366 e.